The summed E-state index contributed by atoms with van der Waals surface area (Å²) < 4.78 is 13.8. The zero-order valence-electron chi connectivity index (χ0n) is 13.4. The van der Waals surface area contributed by atoms with E-state index < -0.39 is 11.7 Å². The van der Waals surface area contributed by atoms with Crippen molar-refractivity contribution in [1.29, 1.82) is 0 Å². The van der Waals surface area contributed by atoms with Gasteiger partial charge in [0.2, 0.25) is 0 Å². The van der Waals surface area contributed by atoms with E-state index >= 15 is 0 Å². The van der Waals surface area contributed by atoms with E-state index in [0.717, 1.165) is 21.0 Å². The molecule has 25 heavy (non-hydrogen) atoms. The molecule has 1 aliphatic rings. The van der Waals surface area contributed by atoms with Crippen LogP contribution >= 0.6 is 11.3 Å². The van der Waals surface area contributed by atoms with Gasteiger partial charge < -0.3 is 0 Å². The molecule has 0 fully saturated rings. The molecule has 0 N–H and O–H groups in total. The average molecular weight is 350 g/mol. The van der Waals surface area contributed by atoms with E-state index in [1.807, 2.05) is 24.3 Å². The molecule has 3 aromatic rings. The number of nitrogens with zero attached hydrogens (tertiary/aromatic N) is 2. The molecular weight excluding hydrogens is 335 g/mol. The summed E-state index contributed by atoms with van der Waals surface area (Å²) in [6, 6.07) is 20.3. The van der Waals surface area contributed by atoms with Gasteiger partial charge in [0.1, 0.15) is 5.82 Å². The van der Waals surface area contributed by atoms with Gasteiger partial charge in [-0.2, -0.15) is 5.10 Å². The first-order valence-corrected chi connectivity index (χ1v) is 8.83. The Kier molecular flexibility index (Phi) is 4.15. The number of hydrazone groups is 1. The van der Waals surface area contributed by atoms with Crippen LogP contribution in [0, 0.1) is 5.82 Å². The lowest BCUT2D eigenvalue weighted by atomic mass is 10.2. The fourth-order valence-corrected chi connectivity index (χ4v) is 3.82. The van der Waals surface area contributed by atoms with E-state index in [1.54, 1.807) is 23.5 Å². The Labute approximate surface area is 149 Å². The van der Waals surface area contributed by atoms with Crippen LogP contribution in [0.2, 0.25) is 0 Å². The normalized spacial score (nSPS) is 13.8. The van der Waals surface area contributed by atoms with Gasteiger partial charge in [-0.05, 0) is 29.8 Å². The third-order valence-electron chi connectivity index (χ3n) is 4.09. The van der Waals surface area contributed by atoms with E-state index in [2.05, 4.69) is 23.3 Å². The van der Waals surface area contributed by atoms with Gasteiger partial charge in [-0.15, -0.1) is 11.3 Å². The molecule has 0 atom stereocenters. The number of rotatable bonds is 3. The molecule has 0 saturated carbocycles. The first kappa shape index (κ1) is 15.7. The van der Waals surface area contributed by atoms with Crippen LogP contribution < -0.4 is 0 Å². The summed E-state index contributed by atoms with van der Waals surface area (Å²) in [6.07, 6.45) is 0.676. The Hall–Kier alpha value is -2.79. The minimum absolute atomic E-state index is 0.0589. The number of hydrogen-bond acceptors (Lipinski definition) is 3. The molecule has 3 nitrogen and oxygen atoms in total. The maximum absolute atomic E-state index is 13.8. The predicted molar refractivity (Wildman–Crippen MR) is 98.3 cm³/mol. The highest BCUT2D eigenvalue weighted by molar-refractivity contribution is 7.17. The molecule has 1 aromatic heterocycles. The second kappa shape index (κ2) is 6.61. The van der Waals surface area contributed by atoms with Gasteiger partial charge in [0, 0.05) is 11.3 Å². The summed E-state index contributed by atoms with van der Waals surface area (Å²) in [5.74, 6) is -0.911. The van der Waals surface area contributed by atoms with Gasteiger partial charge >= 0.3 is 0 Å². The Morgan fingerprint density at radius 2 is 1.68 bits per heavy atom. The van der Waals surface area contributed by atoms with Crippen molar-refractivity contribution in [3.63, 3.8) is 0 Å². The molecule has 4 rings (SSSR count). The number of benzene rings is 2. The lowest BCUT2D eigenvalue weighted by molar-refractivity contribution is 0.0773. The van der Waals surface area contributed by atoms with Gasteiger partial charge in [-0.3, -0.25) is 4.79 Å². The monoisotopic (exact) mass is 350 g/mol. The third-order valence-corrected chi connectivity index (χ3v) is 5.27. The summed E-state index contributed by atoms with van der Waals surface area (Å²) in [7, 11) is 0. The fourth-order valence-electron chi connectivity index (χ4n) is 2.80. The molecule has 1 amide bonds. The number of thiophene rings is 1. The predicted octanol–water partition coefficient (Wildman–Crippen LogP) is 4.80. The highest BCUT2D eigenvalue weighted by atomic mass is 32.1. The second-order valence-electron chi connectivity index (χ2n) is 5.73. The molecule has 1 aliphatic heterocycles. The number of halogens is 1. The number of carbonyl (C=O) groups excluding carboxylic acids is 1. The van der Waals surface area contributed by atoms with Crippen molar-refractivity contribution in [3.05, 3.63) is 83.0 Å². The smallest absolute Gasteiger partial charge is 0.267 e. The van der Waals surface area contributed by atoms with Crippen LogP contribution in [0.25, 0.3) is 10.4 Å². The highest BCUT2D eigenvalue weighted by Crippen LogP contribution is 2.30. The highest BCUT2D eigenvalue weighted by Gasteiger charge is 2.25. The van der Waals surface area contributed by atoms with E-state index in [1.165, 1.54) is 17.1 Å². The number of carbonyl (C=O) groups is 1. The van der Waals surface area contributed by atoms with E-state index in [0.29, 0.717) is 13.0 Å². The van der Waals surface area contributed by atoms with Crippen LogP contribution in [0.5, 0.6) is 0 Å². The van der Waals surface area contributed by atoms with Crippen molar-refractivity contribution in [2.45, 2.75) is 6.42 Å². The summed E-state index contributed by atoms with van der Waals surface area (Å²) in [4.78, 5) is 14.7. The topological polar surface area (TPSA) is 32.7 Å². The van der Waals surface area contributed by atoms with Crippen molar-refractivity contribution >= 4 is 23.0 Å². The Morgan fingerprint density at radius 3 is 2.48 bits per heavy atom. The minimum Gasteiger partial charge on any atom is -0.267 e. The zero-order valence-corrected chi connectivity index (χ0v) is 14.2. The second-order valence-corrected chi connectivity index (χ2v) is 6.82. The maximum Gasteiger partial charge on any atom is 0.276 e. The molecular formula is C20H15FN2OS. The van der Waals surface area contributed by atoms with Crippen molar-refractivity contribution in [2.24, 2.45) is 5.10 Å². The molecule has 124 valence electrons. The molecule has 0 bridgehead atoms. The molecule has 0 aliphatic carbocycles. The van der Waals surface area contributed by atoms with Crippen LogP contribution in [-0.4, -0.2) is 23.2 Å². The first-order valence-electron chi connectivity index (χ1n) is 8.02. The molecule has 0 radical (unpaired) electrons. The lowest BCUT2D eigenvalue weighted by Gasteiger charge is -2.11. The van der Waals surface area contributed by atoms with Crippen molar-refractivity contribution in [2.75, 3.05) is 6.54 Å². The summed E-state index contributed by atoms with van der Waals surface area (Å²) in [6.45, 7) is 0.473. The SMILES string of the molecule is O=C(c1ccccc1F)N1CCC(c2ccc(-c3ccccc3)s2)=N1. The van der Waals surface area contributed by atoms with Gasteiger partial charge in [-0.1, -0.05) is 42.5 Å². The zero-order chi connectivity index (χ0) is 17.2. The Bertz CT molecular complexity index is 949. The molecule has 5 heteroatoms. The third kappa shape index (κ3) is 3.10. The van der Waals surface area contributed by atoms with Crippen LogP contribution in [0.4, 0.5) is 4.39 Å². The van der Waals surface area contributed by atoms with Crippen LogP contribution in [-0.2, 0) is 0 Å². The van der Waals surface area contributed by atoms with Crippen LogP contribution in [0.15, 0.2) is 71.8 Å². The largest absolute Gasteiger partial charge is 0.276 e. The van der Waals surface area contributed by atoms with Gasteiger partial charge in [0.25, 0.3) is 5.91 Å². The van der Waals surface area contributed by atoms with Crippen LogP contribution in [0.3, 0.4) is 0 Å². The van der Waals surface area contributed by atoms with Gasteiger partial charge in [0.05, 0.1) is 22.7 Å². The van der Waals surface area contributed by atoms with Crippen LogP contribution in [0.1, 0.15) is 21.7 Å². The molecule has 0 unspecified atom stereocenters. The molecule has 2 aromatic carbocycles. The molecule has 0 saturated heterocycles. The number of hydrogen-bond donors (Lipinski definition) is 0. The van der Waals surface area contributed by atoms with E-state index in [-0.39, 0.29) is 5.56 Å². The average Bonchev–Trinajstić information content (AvgIpc) is 3.32. The maximum atomic E-state index is 13.8. The molecule has 0 spiro atoms. The van der Waals surface area contributed by atoms with Gasteiger partial charge in [-0.25, -0.2) is 9.40 Å². The number of amides is 1. The summed E-state index contributed by atoms with van der Waals surface area (Å²) in [5, 5.41) is 5.78. The lowest BCUT2D eigenvalue weighted by Crippen LogP contribution is -2.24. The summed E-state index contributed by atoms with van der Waals surface area (Å²) in [5.41, 5.74) is 2.09. The molecule has 2 heterocycles. The summed E-state index contributed by atoms with van der Waals surface area (Å²) >= 11 is 1.65. The van der Waals surface area contributed by atoms with Crippen molar-refractivity contribution < 1.29 is 9.18 Å². The minimum atomic E-state index is -0.515. The van der Waals surface area contributed by atoms with Gasteiger partial charge in [0.15, 0.2) is 0 Å². The van der Waals surface area contributed by atoms with Crippen molar-refractivity contribution in [3.8, 4) is 10.4 Å². The first-order chi connectivity index (χ1) is 12.2. The fraction of sp³-hybridized carbons (Fsp3) is 0.100. The van der Waals surface area contributed by atoms with E-state index in [4.69, 9.17) is 0 Å². The standard InChI is InChI=1S/C20H15FN2OS/c21-16-9-5-4-8-15(16)20(24)23-13-12-17(22-23)19-11-10-18(25-19)14-6-2-1-3-7-14/h1-11H,12-13H2. The van der Waals surface area contributed by atoms with E-state index in [9.17, 15) is 9.18 Å². The van der Waals surface area contributed by atoms with Crippen molar-refractivity contribution in [1.82, 2.24) is 5.01 Å². The quantitative estimate of drug-likeness (QED) is 0.667. The Morgan fingerprint density at radius 1 is 0.960 bits per heavy atom. The Balaban J connectivity index is 1.57.